The molecule has 2 bridgehead atoms. The fourth-order valence-electron chi connectivity index (χ4n) is 8.16. The van der Waals surface area contributed by atoms with Crippen LogP contribution >= 0.6 is 23.1 Å². The maximum Gasteiger partial charge on any atom is 0.305 e. The quantitative estimate of drug-likeness (QED) is 0.255. The van der Waals surface area contributed by atoms with Gasteiger partial charge in [-0.25, -0.2) is 0 Å². The van der Waals surface area contributed by atoms with E-state index >= 15 is 0 Å². The number of methoxy groups -OCH3 is 1. The monoisotopic (exact) mass is 653 g/mol. The number of thiazole rings is 1. The number of aromatic nitrogens is 1. The number of nitrogens with one attached hydrogen (secondary N) is 2. The van der Waals surface area contributed by atoms with Gasteiger partial charge < -0.3 is 19.8 Å². The molecule has 7 atom stereocenters. The van der Waals surface area contributed by atoms with Crippen molar-refractivity contribution in [2.24, 2.45) is 29.6 Å². The minimum absolute atomic E-state index is 0.00889. The third-order valence-corrected chi connectivity index (χ3v) is 12.6. The number of carbonyl (C=O) groups excluding carboxylic acids is 3. The Morgan fingerprint density at radius 3 is 2.43 bits per heavy atom. The molecule has 2 aliphatic heterocycles. The second kappa shape index (κ2) is 11.2. The molecular weight excluding hydrogens is 623 g/mol. The van der Waals surface area contributed by atoms with Gasteiger partial charge in [-0.05, 0) is 85.2 Å². The fourth-order valence-corrected chi connectivity index (χ4v) is 11.0. The molecule has 234 valence electrons. The van der Waals surface area contributed by atoms with Crippen molar-refractivity contribution >= 4 is 52.2 Å². The standard InChI is InChI=1S/C35H31N3O6S2/c1-17-6-10-20(11-7-17)38-33(40)28-23-15-24(29(28)34(38)41)30-27(23)26(31-32(45-30)37-35(42)46-31)18-4-3-5-22(14-18)44-16-25(39)36-19-8-12-21(43-2)13-9-19/h3-14,23-24,26-30H,15-16H2,1-2H3,(H,36,39)(H,37,42)/t23?,24?,26-,27?,28?,29?,30?/m1/s1. The second-order valence-corrected chi connectivity index (χ2v) is 14.6. The van der Waals surface area contributed by atoms with Gasteiger partial charge in [-0.3, -0.25) is 24.1 Å². The normalized spacial score (nSPS) is 27.3. The summed E-state index contributed by atoms with van der Waals surface area (Å²) >= 11 is 2.88. The molecule has 9 nitrogen and oxygen atoms in total. The van der Waals surface area contributed by atoms with Crippen LogP contribution in [-0.4, -0.2) is 41.7 Å². The number of ether oxygens (including phenoxy) is 2. The fraction of sp³-hybridized carbons (Fsp3) is 0.314. The topological polar surface area (TPSA) is 118 Å². The van der Waals surface area contributed by atoms with Gasteiger partial charge in [-0.15, -0.1) is 11.8 Å². The third kappa shape index (κ3) is 4.67. The molecule has 0 spiro atoms. The number of amides is 3. The van der Waals surface area contributed by atoms with Crippen molar-refractivity contribution < 1.29 is 23.9 Å². The van der Waals surface area contributed by atoms with Crippen molar-refractivity contribution in [1.82, 2.24) is 4.98 Å². The number of thioether (sulfide) groups is 1. The number of rotatable bonds is 7. The molecule has 4 aliphatic rings. The highest BCUT2D eigenvalue weighted by Crippen LogP contribution is 2.68. The van der Waals surface area contributed by atoms with Crippen molar-refractivity contribution in [2.45, 2.75) is 29.5 Å². The van der Waals surface area contributed by atoms with E-state index < -0.39 is 0 Å². The summed E-state index contributed by atoms with van der Waals surface area (Å²) < 4.78 is 11.1. The maximum atomic E-state index is 14.0. The number of H-pyrrole nitrogens is 1. The lowest BCUT2D eigenvalue weighted by Crippen LogP contribution is -2.42. The van der Waals surface area contributed by atoms with Gasteiger partial charge in [0, 0.05) is 21.7 Å². The number of fused-ring (bicyclic) bond motifs is 9. The summed E-state index contributed by atoms with van der Waals surface area (Å²) in [5.74, 6) is -0.0162. The van der Waals surface area contributed by atoms with Gasteiger partial charge in [0.15, 0.2) is 6.61 Å². The molecule has 3 aromatic carbocycles. The molecule has 8 rings (SSSR count). The number of carbonyl (C=O) groups is 3. The number of imide groups is 1. The Morgan fingerprint density at radius 2 is 1.70 bits per heavy atom. The van der Waals surface area contributed by atoms with E-state index in [4.69, 9.17) is 9.47 Å². The zero-order valence-electron chi connectivity index (χ0n) is 25.1. The maximum absolute atomic E-state index is 14.0. The van der Waals surface area contributed by atoms with Crippen LogP contribution in [0.15, 0.2) is 82.6 Å². The highest BCUT2D eigenvalue weighted by Gasteiger charge is 2.69. The second-order valence-electron chi connectivity index (χ2n) is 12.4. The molecule has 46 heavy (non-hydrogen) atoms. The number of nitrogens with zero attached hydrogens (tertiary/aromatic N) is 1. The van der Waals surface area contributed by atoms with Crippen LogP contribution in [0.25, 0.3) is 0 Å². The van der Waals surface area contributed by atoms with Crippen LogP contribution in [0.1, 0.15) is 28.3 Å². The molecule has 3 fully saturated rings. The summed E-state index contributed by atoms with van der Waals surface area (Å²) in [6.45, 7) is 1.81. The number of anilines is 2. The van der Waals surface area contributed by atoms with E-state index in [1.54, 1.807) is 43.1 Å². The minimum atomic E-state index is -0.374. The smallest absolute Gasteiger partial charge is 0.305 e. The van der Waals surface area contributed by atoms with Gasteiger partial charge in [-0.2, -0.15) is 0 Å². The van der Waals surface area contributed by atoms with E-state index in [0.29, 0.717) is 22.9 Å². The molecular formula is C35H31N3O6S2. The molecule has 6 unspecified atom stereocenters. The first kappa shape index (κ1) is 29.1. The van der Waals surface area contributed by atoms with Crippen LogP contribution in [0, 0.1) is 36.5 Å². The molecule has 4 aromatic rings. The summed E-state index contributed by atoms with van der Waals surface area (Å²) in [5, 5.41) is 3.77. The number of hydrogen-bond donors (Lipinski definition) is 2. The van der Waals surface area contributed by atoms with Crippen LogP contribution in [-0.2, 0) is 14.4 Å². The molecule has 2 saturated carbocycles. The number of benzene rings is 3. The van der Waals surface area contributed by atoms with Crippen LogP contribution in [0.4, 0.5) is 11.4 Å². The first-order valence-electron chi connectivity index (χ1n) is 15.3. The van der Waals surface area contributed by atoms with Gasteiger partial charge in [-0.1, -0.05) is 41.2 Å². The lowest BCUT2D eigenvalue weighted by Gasteiger charge is -2.43. The van der Waals surface area contributed by atoms with Gasteiger partial charge in [0.1, 0.15) is 11.5 Å². The van der Waals surface area contributed by atoms with Crippen LogP contribution in [0.5, 0.6) is 11.5 Å². The van der Waals surface area contributed by atoms with E-state index in [0.717, 1.165) is 27.5 Å². The van der Waals surface area contributed by atoms with Crippen molar-refractivity contribution in [2.75, 3.05) is 23.9 Å². The number of aromatic amines is 1. The van der Waals surface area contributed by atoms with Crippen LogP contribution in [0.2, 0.25) is 0 Å². The first-order valence-corrected chi connectivity index (χ1v) is 17.0. The minimum Gasteiger partial charge on any atom is -0.497 e. The highest BCUT2D eigenvalue weighted by atomic mass is 32.2. The number of hydrogen-bond acceptors (Lipinski definition) is 8. The van der Waals surface area contributed by atoms with E-state index in [1.807, 2.05) is 55.5 Å². The van der Waals surface area contributed by atoms with Gasteiger partial charge >= 0.3 is 4.87 Å². The zero-order chi connectivity index (χ0) is 31.7. The highest BCUT2D eigenvalue weighted by molar-refractivity contribution is 8.00. The molecule has 1 aromatic heterocycles. The Kier molecular flexibility index (Phi) is 7.06. The predicted octanol–water partition coefficient (Wildman–Crippen LogP) is 5.45. The predicted molar refractivity (Wildman–Crippen MR) is 176 cm³/mol. The van der Waals surface area contributed by atoms with Crippen molar-refractivity contribution in [3.05, 3.63) is 98.5 Å². The number of aryl methyl sites for hydroxylation is 1. The molecule has 3 heterocycles. The van der Waals surface area contributed by atoms with Crippen molar-refractivity contribution in [1.29, 1.82) is 0 Å². The molecule has 2 aliphatic carbocycles. The summed E-state index contributed by atoms with van der Waals surface area (Å²) in [5.41, 5.74) is 3.30. The summed E-state index contributed by atoms with van der Waals surface area (Å²) in [7, 11) is 1.59. The van der Waals surface area contributed by atoms with Gasteiger partial charge in [0.2, 0.25) is 11.8 Å². The van der Waals surface area contributed by atoms with E-state index in [-0.39, 0.29) is 70.0 Å². The molecule has 3 amide bonds. The Hall–Kier alpha value is -4.35. The molecule has 2 N–H and O–H groups in total. The van der Waals surface area contributed by atoms with Gasteiger partial charge in [0.25, 0.3) is 5.91 Å². The van der Waals surface area contributed by atoms with Crippen LogP contribution < -0.4 is 24.6 Å². The summed E-state index contributed by atoms with van der Waals surface area (Å²) in [4.78, 5) is 58.4. The summed E-state index contributed by atoms with van der Waals surface area (Å²) in [6.07, 6.45) is 0.814. The van der Waals surface area contributed by atoms with E-state index in [2.05, 4.69) is 10.3 Å². The average molecular weight is 654 g/mol. The largest absolute Gasteiger partial charge is 0.497 e. The first-order chi connectivity index (χ1) is 22.3. The van der Waals surface area contributed by atoms with Gasteiger partial charge in [0.05, 0.1) is 29.7 Å². The lowest BCUT2D eigenvalue weighted by atomic mass is 9.68. The summed E-state index contributed by atoms with van der Waals surface area (Å²) in [6, 6.07) is 22.3. The zero-order valence-corrected chi connectivity index (χ0v) is 26.7. The van der Waals surface area contributed by atoms with E-state index in [9.17, 15) is 19.2 Å². The lowest BCUT2D eigenvalue weighted by molar-refractivity contribution is -0.123. The van der Waals surface area contributed by atoms with Crippen molar-refractivity contribution in [3.63, 3.8) is 0 Å². The Labute approximate surface area is 273 Å². The average Bonchev–Trinajstić information content (AvgIpc) is 3.80. The molecule has 11 heteroatoms. The SMILES string of the molecule is COc1ccc(NC(=O)COc2cccc([C@H]3c4sc(=O)[nH]c4SC4C5CC(C6C(=O)N(c7ccc(C)cc7)C(=O)C56)C43)c2)cc1. The Bertz CT molecular complexity index is 1920. The van der Waals surface area contributed by atoms with Crippen LogP contribution in [0.3, 0.4) is 0 Å². The third-order valence-electron chi connectivity index (χ3n) is 9.98. The molecule has 0 radical (unpaired) electrons. The van der Waals surface area contributed by atoms with E-state index in [1.165, 1.54) is 16.2 Å². The Balaban J connectivity index is 1.07. The Morgan fingerprint density at radius 1 is 0.957 bits per heavy atom. The van der Waals surface area contributed by atoms with Crippen molar-refractivity contribution in [3.8, 4) is 11.5 Å². The molecule has 1 saturated heterocycles.